The molecule has 0 atom stereocenters. The van der Waals surface area contributed by atoms with Gasteiger partial charge in [0.1, 0.15) is 5.60 Å². The summed E-state index contributed by atoms with van der Waals surface area (Å²) in [7, 11) is 0. The Morgan fingerprint density at radius 1 is 1.32 bits per heavy atom. The van der Waals surface area contributed by atoms with Crippen LogP contribution in [0.1, 0.15) is 45.6 Å². The molecular formula is C16H20ClNO4. The van der Waals surface area contributed by atoms with Crippen LogP contribution in [0.3, 0.4) is 0 Å². The van der Waals surface area contributed by atoms with E-state index in [2.05, 4.69) is 5.32 Å². The van der Waals surface area contributed by atoms with Gasteiger partial charge in [0, 0.05) is 10.7 Å². The van der Waals surface area contributed by atoms with E-state index < -0.39 is 23.1 Å². The topological polar surface area (TPSA) is 75.6 Å². The number of amides is 1. The van der Waals surface area contributed by atoms with Gasteiger partial charge in [-0.1, -0.05) is 18.0 Å². The molecule has 0 bridgehead atoms. The van der Waals surface area contributed by atoms with Gasteiger partial charge < -0.3 is 9.84 Å². The van der Waals surface area contributed by atoms with Gasteiger partial charge in [0.15, 0.2) is 0 Å². The third-order valence-electron chi connectivity index (χ3n) is 3.74. The van der Waals surface area contributed by atoms with Gasteiger partial charge in [-0.05, 0) is 57.4 Å². The van der Waals surface area contributed by atoms with E-state index in [0.29, 0.717) is 29.1 Å². The maximum atomic E-state index is 11.8. The summed E-state index contributed by atoms with van der Waals surface area (Å²) in [5, 5.41) is 12.5. The maximum Gasteiger partial charge on any atom is 0.412 e. The Hall–Kier alpha value is -1.75. The van der Waals surface area contributed by atoms with Crippen LogP contribution in [-0.2, 0) is 14.9 Å². The number of hydrogen-bond donors (Lipinski definition) is 2. The largest absolute Gasteiger partial charge is 0.481 e. The van der Waals surface area contributed by atoms with Crippen molar-refractivity contribution < 1.29 is 19.4 Å². The summed E-state index contributed by atoms with van der Waals surface area (Å²) in [5.41, 5.74) is -0.527. The van der Waals surface area contributed by atoms with Crippen molar-refractivity contribution in [2.45, 2.75) is 51.0 Å². The highest BCUT2D eigenvalue weighted by molar-refractivity contribution is 6.32. The number of halogens is 1. The molecule has 0 spiro atoms. The maximum absolute atomic E-state index is 11.8. The lowest BCUT2D eigenvalue weighted by Gasteiger charge is -2.38. The first-order chi connectivity index (χ1) is 10.1. The van der Waals surface area contributed by atoms with Crippen molar-refractivity contribution in [1.82, 2.24) is 0 Å². The molecule has 1 saturated carbocycles. The number of carboxylic acids is 1. The van der Waals surface area contributed by atoms with Crippen LogP contribution in [0.2, 0.25) is 5.02 Å². The van der Waals surface area contributed by atoms with Crippen molar-refractivity contribution >= 4 is 29.4 Å². The first-order valence-corrected chi connectivity index (χ1v) is 7.55. The Bertz CT molecular complexity index is 603. The molecule has 0 aromatic heterocycles. The minimum atomic E-state index is -0.942. The van der Waals surface area contributed by atoms with Gasteiger partial charge in [0.2, 0.25) is 0 Å². The number of carbonyl (C=O) groups is 2. The lowest BCUT2D eigenvalue weighted by Crippen LogP contribution is -2.42. The molecule has 0 heterocycles. The molecule has 1 aromatic rings. The van der Waals surface area contributed by atoms with Gasteiger partial charge >= 0.3 is 12.1 Å². The Labute approximate surface area is 134 Å². The van der Waals surface area contributed by atoms with Crippen LogP contribution in [0.25, 0.3) is 0 Å². The Balaban J connectivity index is 2.24. The lowest BCUT2D eigenvalue weighted by atomic mass is 9.64. The first-order valence-electron chi connectivity index (χ1n) is 7.17. The quantitative estimate of drug-likeness (QED) is 0.873. The fourth-order valence-electron chi connectivity index (χ4n) is 2.52. The number of hydrogen-bond acceptors (Lipinski definition) is 3. The number of benzene rings is 1. The molecule has 22 heavy (non-hydrogen) atoms. The average molecular weight is 326 g/mol. The summed E-state index contributed by atoms with van der Waals surface area (Å²) >= 11 is 6.17. The van der Waals surface area contributed by atoms with Crippen LogP contribution in [0, 0.1) is 0 Å². The SMILES string of the molecule is CC(C)(C)OC(=O)Nc1ccc(Cl)c(C2(C(=O)O)CCC2)c1. The van der Waals surface area contributed by atoms with Gasteiger partial charge in [0.25, 0.3) is 0 Å². The monoisotopic (exact) mass is 325 g/mol. The van der Waals surface area contributed by atoms with Crippen molar-refractivity contribution in [2.24, 2.45) is 0 Å². The highest BCUT2D eigenvalue weighted by Crippen LogP contribution is 2.47. The Morgan fingerprint density at radius 2 is 1.95 bits per heavy atom. The van der Waals surface area contributed by atoms with E-state index in [1.807, 2.05) is 0 Å². The zero-order valence-electron chi connectivity index (χ0n) is 12.9. The Kier molecular flexibility index (Phi) is 4.38. The van der Waals surface area contributed by atoms with Crippen LogP contribution in [0.5, 0.6) is 0 Å². The van der Waals surface area contributed by atoms with Gasteiger partial charge in [-0.15, -0.1) is 0 Å². The second-order valence-corrected chi connectivity index (χ2v) is 6.97. The van der Waals surface area contributed by atoms with E-state index in [0.717, 1.165) is 6.42 Å². The smallest absolute Gasteiger partial charge is 0.412 e. The van der Waals surface area contributed by atoms with E-state index in [1.165, 1.54) is 0 Å². The Morgan fingerprint density at radius 3 is 2.41 bits per heavy atom. The van der Waals surface area contributed by atoms with Crippen LogP contribution in [0.15, 0.2) is 18.2 Å². The highest BCUT2D eigenvalue weighted by atomic mass is 35.5. The summed E-state index contributed by atoms with van der Waals surface area (Å²) in [6, 6.07) is 4.86. The van der Waals surface area contributed by atoms with E-state index >= 15 is 0 Å². The molecule has 1 amide bonds. The zero-order chi connectivity index (χ0) is 16.5. The number of carbonyl (C=O) groups excluding carboxylic acids is 1. The summed E-state index contributed by atoms with van der Waals surface area (Å²) in [6.07, 6.45) is 1.38. The number of carboxylic acid groups (broad SMARTS) is 1. The number of aliphatic carboxylic acids is 1. The summed E-state index contributed by atoms with van der Waals surface area (Å²) in [6.45, 7) is 5.31. The molecule has 1 aliphatic rings. The second-order valence-electron chi connectivity index (χ2n) is 6.56. The van der Waals surface area contributed by atoms with Crippen LogP contribution in [-0.4, -0.2) is 22.8 Å². The van der Waals surface area contributed by atoms with Crippen molar-refractivity contribution in [2.75, 3.05) is 5.32 Å². The molecule has 0 radical (unpaired) electrons. The van der Waals surface area contributed by atoms with E-state index in [4.69, 9.17) is 16.3 Å². The van der Waals surface area contributed by atoms with Gasteiger partial charge in [0.05, 0.1) is 5.41 Å². The molecule has 0 unspecified atom stereocenters. The molecule has 1 fully saturated rings. The van der Waals surface area contributed by atoms with Crippen molar-refractivity contribution in [3.63, 3.8) is 0 Å². The number of rotatable bonds is 3. The third-order valence-corrected chi connectivity index (χ3v) is 4.07. The summed E-state index contributed by atoms with van der Waals surface area (Å²) < 4.78 is 5.19. The van der Waals surface area contributed by atoms with E-state index in [-0.39, 0.29) is 0 Å². The van der Waals surface area contributed by atoms with Crippen molar-refractivity contribution in [1.29, 1.82) is 0 Å². The molecule has 2 N–H and O–H groups in total. The van der Waals surface area contributed by atoms with Crippen LogP contribution >= 0.6 is 11.6 Å². The van der Waals surface area contributed by atoms with E-state index in [1.54, 1.807) is 39.0 Å². The molecule has 1 aromatic carbocycles. The highest BCUT2D eigenvalue weighted by Gasteiger charge is 2.47. The number of nitrogens with one attached hydrogen (secondary N) is 1. The fraction of sp³-hybridized carbons (Fsp3) is 0.500. The normalized spacial score (nSPS) is 16.5. The van der Waals surface area contributed by atoms with Crippen molar-refractivity contribution in [3.8, 4) is 0 Å². The number of ether oxygens (including phenoxy) is 1. The molecule has 6 heteroatoms. The van der Waals surface area contributed by atoms with Crippen LogP contribution < -0.4 is 5.32 Å². The van der Waals surface area contributed by atoms with Gasteiger partial charge in [-0.2, -0.15) is 0 Å². The molecule has 0 aliphatic heterocycles. The van der Waals surface area contributed by atoms with E-state index in [9.17, 15) is 14.7 Å². The zero-order valence-corrected chi connectivity index (χ0v) is 13.7. The predicted octanol–water partition coefficient (Wildman–Crippen LogP) is 4.19. The molecule has 120 valence electrons. The number of anilines is 1. The minimum Gasteiger partial charge on any atom is -0.481 e. The molecule has 2 rings (SSSR count). The minimum absolute atomic E-state index is 0.400. The fourth-order valence-corrected chi connectivity index (χ4v) is 2.82. The molecule has 1 aliphatic carbocycles. The van der Waals surface area contributed by atoms with Crippen LogP contribution in [0.4, 0.5) is 10.5 Å². The molecule has 5 nitrogen and oxygen atoms in total. The molecular weight excluding hydrogens is 306 g/mol. The third kappa shape index (κ3) is 3.35. The standard InChI is InChI=1S/C16H20ClNO4/c1-15(2,3)22-14(21)18-10-5-6-12(17)11(9-10)16(13(19)20)7-4-8-16/h5-6,9H,4,7-8H2,1-3H3,(H,18,21)(H,19,20). The average Bonchev–Trinajstić information content (AvgIpc) is 2.28. The molecule has 0 saturated heterocycles. The summed E-state index contributed by atoms with van der Waals surface area (Å²) in [4.78, 5) is 23.4. The van der Waals surface area contributed by atoms with Gasteiger partial charge in [-0.25, -0.2) is 4.79 Å². The van der Waals surface area contributed by atoms with Gasteiger partial charge in [-0.3, -0.25) is 10.1 Å². The second kappa shape index (κ2) is 5.80. The first kappa shape index (κ1) is 16.6. The van der Waals surface area contributed by atoms with Crippen molar-refractivity contribution in [3.05, 3.63) is 28.8 Å². The predicted molar refractivity (Wildman–Crippen MR) is 84.5 cm³/mol. The summed E-state index contributed by atoms with van der Waals surface area (Å²) in [5.74, 6) is -0.880. The lowest BCUT2D eigenvalue weighted by molar-refractivity contribution is -0.147.